The van der Waals surface area contributed by atoms with E-state index in [-0.39, 0.29) is 0 Å². The predicted octanol–water partition coefficient (Wildman–Crippen LogP) is 6.17. The number of anilines is 1. The number of nitrogens with zero attached hydrogens (tertiary/aromatic N) is 1. The monoisotopic (exact) mass is 504 g/mol. The second-order valence-corrected chi connectivity index (χ2v) is 8.34. The van der Waals surface area contributed by atoms with Crippen LogP contribution in [0, 0.1) is 13.8 Å². The van der Waals surface area contributed by atoms with Gasteiger partial charge in [0.1, 0.15) is 18.1 Å². The lowest BCUT2D eigenvalue weighted by atomic mass is 10.1. The van der Waals surface area contributed by atoms with Crippen LogP contribution in [0.3, 0.4) is 0 Å². The Bertz CT molecular complexity index is 1370. The second kappa shape index (κ2) is 11.6. The van der Waals surface area contributed by atoms with E-state index in [9.17, 15) is 0 Å². The number of rotatable bonds is 11. The first-order valence-corrected chi connectivity index (χ1v) is 11.9. The first kappa shape index (κ1) is 25.8. The molecule has 1 aromatic heterocycles. The number of hydrogen-bond donors (Lipinski definition) is 1. The molecular formula is C29H32N2O6. The maximum atomic E-state index is 6.35. The molecule has 0 amide bonds. The number of para-hydroxylation sites is 1. The number of nitrogens with one attached hydrogen (secondary N) is 1. The molecule has 0 aliphatic carbocycles. The molecule has 1 heterocycles. The van der Waals surface area contributed by atoms with Crippen LogP contribution in [0.15, 0.2) is 54.7 Å². The van der Waals surface area contributed by atoms with Gasteiger partial charge in [0.15, 0.2) is 23.0 Å². The second-order valence-electron chi connectivity index (χ2n) is 8.34. The van der Waals surface area contributed by atoms with Crippen LogP contribution in [-0.4, -0.2) is 46.6 Å². The predicted molar refractivity (Wildman–Crippen MR) is 144 cm³/mol. The summed E-state index contributed by atoms with van der Waals surface area (Å²) in [4.78, 5) is 4.45. The summed E-state index contributed by atoms with van der Waals surface area (Å²) in [5.74, 6) is 4.54. The van der Waals surface area contributed by atoms with E-state index in [1.807, 2.05) is 56.3 Å². The molecule has 3 aromatic carbocycles. The van der Waals surface area contributed by atoms with Crippen LogP contribution < -0.4 is 33.7 Å². The molecule has 8 heteroatoms. The summed E-state index contributed by atoms with van der Waals surface area (Å²) in [6, 6.07) is 15.2. The molecule has 194 valence electrons. The van der Waals surface area contributed by atoms with E-state index in [4.69, 9.17) is 28.4 Å². The summed E-state index contributed by atoms with van der Waals surface area (Å²) >= 11 is 0. The van der Waals surface area contributed by atoms with Crippen LogP contribution in [0.4, 0.5) is 5.69 Å². The van der Waals surface area contributed by atoms with Gasteiger partial charge in [-0.05, 0) is 61.4 Å². The Balaban J connectivity index is 1.48. The summed E-state index contributed by atoms with van der Waals surface area (Å²) in [6.07, 6.45) is 1.72. The average Bonchev–Trinajstić information content (AvgIpc) is 2.92. The third-order valence-electron chi connectivity index (χ3n) is 6.00. The van der Waals surface area contributed by atoms with Gasteiger partial charge >= 0.3 is 0 Å². The molecule has 37 heavy (non-hydrogen) atoms. The number of methoxy groups -OCH3 is 4. The Kier molecular flexibility index (Phi) is 8.08. The molecule has 0 saturated heterocycles. The number of hydrogen-bond acceptors (Lipinski definition) is 8. The van der Waals surface area contributed by atoms with Gasteiger partial charge in [-0.25, -0.2) is 0 Å². The Morgan fingerprint density at radius 3 is 2.05 bits per heavy atom. The van der Waals surface area contributed by atoms with Crippen LogP contribution >= 0.6 is 0 Å². The molecule has 0 radical (unpaired) electrons. The number of aromatic nitrogens is 1. The van der Waals surface area contributed by atoms with Crippen molar-refractivity contribution in [2.24, 2.45) is 0 Å². The highest BCUT2D eigenvalue weighted by molar-refractivity contribution is 5.88. The summed E-state index contributed by atoms with van der Waals surface area (Å²) < 4.78 is 34.0. The molecule has 0 bridgehead atoms. The normalized spacial score (nSPS) is 10.6. The molecule has 8 nitrogen and oxygen atoms in total. The Labute approximate surface area is 217 Å². The van der Waals surface area contributed by atoms with Gasteiger partial charge in [0.2, 0.25) is 5.75 Å². The van der Waals surface area contributed by atoms with E-state index in [0.29, 0.717) is 47.6 Å². The molecule has 0 aliphatic heterocycles. The van der Waals surface area contributed by atoms with Crippen molar-refractivity contribution in [2.75, 3.05) is 46.9 Å². The van der Waals surface area contributed by atoms with E-state index in [0.717, 1.165) is 33.5 Å². The van der Waals surface area contributed by atoms with E-state index in [1.54, 1.807) is 34.6 Å². The maximum absolute atomic E-state index is 6.35. The number of fused-ring (bicyclic) bond motifs is 1. The fraction of sp³-hybridized carbons (Fsp3) is 0.276. The lowest BCUT2D eigenvalue weighted by Gasteiger charge is -2.17. The third kappa shape index (κ3) is 5.58. The summed E-state index contributed by atoms with van der Waals surface area (Å²) in [5, 5.41) is 4.28. The highest BCUT2D eigenvalue weighted by atomic mass is 16.5. The zero-order valence-corrected chi connectivity index (χ0v) is 22.0. The van der Waals surface area contributed by atoms with E-state index < -0.39 is 0 Å². The van der Waals surface area contributed by atoms with E-state index in [2.05, 4.69) is 16.4 Å². The van der Waals surface area contributed by atoms with Gasteiger partial charge in [-0.2, -0.15) is 0 Å². The van der Waals surface area contributed by atoms with Crippen molar-refractivity contribution >= 4 is 16.6 Å². The molecule has 4 rings (SSSR count). The van der Waals surface area contributed by atoms with E-state index in [1.165, 1.54) is 0 Å². The average molecular weight is 505 g/mol. The van der Waals surface area contributed by atoms with Crippen molar-refractivity contribution in [3.8, 4) is 40.2 Å². The Hall–Kier alpha value is -4.33. The first-order chi connectivity index (χ1) is 18.0. The van der Waals surface area contributed by atoms with Gasteiger partial charge in [0, 0.05) is 29.9 Å². The zero-order chi connectivity index (χ0) is 26.4. The van der Waals surface area contributed by atoms with Gasteiger partial charge < -0.3 is 33.7 Å². The number of ether oxygens (including phenoxy) is 6. The lowest BCUT2D eigenvalue weighted by molar-refractivity contribution is 0.284. The molecule has 0 atom stereocenters. The minimum absolute atomic E-state index is 0.432. The van der Waals surface area contributed by atoms with Crippen molar-refractivity contribution in [1.29, 1.82) is 0 Å². The SMILES string of the molecule is COc1cc2nccc(Oc3cc(C)c(NCCOc4c(OC)cccc4OC)cc3C)c2cc1OC. The van der Waals surface area contributed by atoms with E-state index >= 15 is 0 Å². The molecule has 0 saturated carbocycles. The van der Waals surface area contributed by atoms with Crippen LogP contribution in [-0.2, 0) is 0 Å². The third-order valence-corrected chi connectivity index (χ3v) is 6.00. The van der Waals surface area contributed by atoms with Crippen molar-refractivity contribution in [3.63, 3.8) is 0 Å². The molecule has 1 N–H and O–H groups in total. The van der Waals surface area contributed by atoms with Gasteiger partial charge in [-0.3, -0.25) is 4.98 Å². The zero-order valence-electron chi connectivity index (χ0n) is 22.0. The van der Waals surface area contributed by atoms with Crippen molar-refractivity contribution in [2.45, 2.75) is 13.8 Å². The molecule has 0 spiro atoms. The summed E-state index contributed by atoms with van der Waals surface area (Å²) in [6.45, 7) is 5.08. The number of benzene rings is 3. The van der Waals surface area contributed by atoms with Crippen molar-refractivity contribution in [3.05, 3.63) is 65.9 Å². The summed E-state index contributed by atoms with van der Waals surface area (Å²) in [5.41, 5.74) is 3.81. The highest BCUT2D eigenvalue weighted by Crippen LogP contribution is 2.39. The first-order valence-electron chi connectivity index (χ1n) is 11.9. The van der Waals surface area contributed by atoms with Crippen molar-refractivity contribution < 1.29 is 28.4 Å². The van der Waals surface area contributed by atoms with Gasteiger partial charge in [0.05, 0.1) is 34.0 Å². The molecule has 0 fully saturated rings. The number of aryl methyl sites for hydroxylation is 2. The fourth-order valence-electron chi connectivity index (χ4n) is 4.04. The topological polar surface area (TPSA) is 80.3 Å². The molecule has 0 unspecified atom stereocenters. The van der Waals surface area contributed by atoms with Crippen molar-refractivity contribution in [1.82, 2.24) is 4.98 Å². The quantitative estimate of drug-likeness (QED) is 0.243. The molecular weight excluding hydrogens is 472 g/mol. The largest absolute Gasteiger partial charge is 0.493 e. The Morgan fingerprint density at radius 2 is 1.38 bits per heavy atom. The molecule has 0 aliphatic rings. The smallest absolute Gasteiger partial charge is 0.203 e. The Morgan fingerprint density at radius 1 is 0.703 bits per heavy atom. The van der Waals surface area contributed by atoms with Gasteiger partial charge in [-0.15, -0.1) is 0 Å². The lowest BCUT2D eigenvalue weighted by Crippen LogP contribution is -2.13. The summed E-state index contributed by atoms with van der Waals surface area (Å²) in [7, 11) is 6.43. The fourth-order valence-corrected chi connectivity index (χ4v) is 4.04. The minimum atomic E-state index is 0.432. The van der Waals surface area contributed by atoms with Gasteiger partial charge in [0.25, 0.3) is 0 Å². The van der Waals surface area contributed by atoms with Crippen LogP contribution in [0.1, 0.15) is 11.1 Å². The van der Waals surface area contributed by atoms with Crippen LogP contribution in [0.2, 0.25) is 0 Å². The van der Waals surface area contributed by atoms with Crippen LogP contribution in [0.25, 0.3) is 10.9 Å². The van der Waals surface area contributed by atoms with Crippen LogP contribution in [0.5, 0.6) is 40.2 Å². The maximum Gasteiger partial charge on any atom is 0.203 e. The van der Waals surface area contributed by atoms with Gasteiger partial charge in [-0.1, -0.05) is 6.07 Å². The minimum Gasteiger partial charge on any atom is -0.493 e. The highest BCUT2D eigenvalue weighted by Gasteiger charge is 2.14. The molecule has 4 aromatic rings. The number of pyridine rings is 1. The standard InChI is InChI=1S/C29H32N2O6/c1-18-15-26(37-23-10-11-30-22-17-28(35-6)27(34-5)16-20(22)23)19(2)14-21(18)31-12-13-36-29-24(32-3)8-7-9-25(29)33-4/h7-11,14-17,31H,12-13H2,1-6H3.